The largest absolute Gasteiger partial charge is 0.476 e. The highest BCUT2D eigenvalue weighted by Crippen LogP contribution is 2.44. The third-order valence-electron chi connectivity index (χ3n) is 2.99. The third-order valence-corrected chi connectivity index (χ3v) is 3.29. The Morgan fingerprint density at radius 2 is 2.24 bits per heavy atom. The molecule has 0 aromatic carbocycles. The van der Waals surface area contributed by atoms with E-state index in [0.29, 0.717) is 12.4 Å². The van der Waals surface area contributed by atoms with Crippen LogP contribution in [0.4, 0.5) is 5.82 Å². The van der Waals surface area contributed by atoms with Gasteiger partial charge in [-0.3, -0.25) is 0 Å². The van der Waals surface area contributed by atoms with Crippen LogP contribution in [0.2, 0.25) is 5.02 Å². The topological polar surface area (TPSA) is 82.5 Å². The highest BCUT2D eigenvalue weighted by atomic mass is 35.5. The van der Waals surface area contributed by atoms with Crippen molar-refractivity contribution in [1.82, 2.24) is 4.98 Å². The Kier molecular flexibility index (Phi) is 3.22. The van der Waals surface area contributed by atoms with Gasteiger partial charge in [-0.2, -0.15) is 0 Å². The predicted octanol–water partition coefficient (Wildman–Crippen LogP) is 1.62. The van der Waals surface area contributed by atoms with Gasteiger partial charge in [0, 0.05) is 12.0 Å². The molecule has 0 amide bonds. The monoisotopic (exact) mass is 256 g/mol. The molecule has 6 heteroatoms. The van der Waals surface area contributed by atoms with Gasteiger partial charge < -0.3 is 15.5 Å². The van der Waals surface area contributed by atoms with Crippen LogP contribution >= 0.6 is 11.6 Å². The van der Waals surface area contributed by atoms with Crippen molar-refractivity contribution in [2.45, 2.75) is 12.8 Å². The molecule has 1 fully saturated rings. The third kappa shape index (κ3) is 2.68. The van der Waals surface area contributed by atoms with Crippen molar-refractivity contribution < 1.29 is 15.0 Å². The Hall–Kier alpha value is -1.33. The molecule has 1 saturated carbocycles. The summed E-state index contributed by atoms with van der Waals surface area (Å²) in [6, 6.07) is 3.13. The van der Waals surface area contributed by atoms with Gasteiger partial charge >= 0.3 is 5.97 Å². The highest BCUT2D eigenvalue weighted by Gasteiger charge is 2.41. The molecule has 1 aromatic rings. The summed E-state index contributed by atoms with van der Waals surface area (Å²) in [6.07, 6.45) is 1.96. The van der Waals surface area contributed by atoms with Crippen LogP contribution in [0.15, 0.2) is 12.1 Å². The van der Waals surface area contributed by atoms with Crippen LogP contribution in [0, 0.1) is 5.41 Å². The van der Waals surface area contributed by atoms with E-state index in [1.54, 1.807) is 6.07 Å². The lowest BCUT2D eigenvalue weighted by molar-refractivity contribution is 0.0691. The number of aromatic nitrogens is 1. The SMILES string of the molecule is O=C(O)c1nc(NCC2(CO)CC2)ccc1Cl. The van der Waals surface area contributed by atoms with Gasteiger partial charge in [-0.25, -0.2) is 9.78 Å². The van der Waals surface area contributed by atoms with Crippen LogP contribution in [0.25, 0.3) is 0 Å². The second-order valence-corrected chi connectivity index (χ2v) is 4.75. The zero-order chi connectivity index (χ0) is 12.5. The van der Waals surface area contributed by atoms with Crippen molar-refractivity contribution in [2.75, 3.05) is 18.5 Å². The molecule has 17 heavy (non-hydrogen) atoms. The number of carboxylic acids is 1. The van der Waals surface area contributed by atoms with Crippen LogP contribution in [-0.4, -0.2) is 34.3 Å². The minimum absolute atomic E-state index is 0.0509. The number of anilines is 1. The van der Waals surface area contributed by atoms with Crippen molar-refractivity contribution in [1.29, 1.82) is 0 Å². The Balaban J connectivity index is 2.06. The Labute approximate surface area is 103 Å². The van der Waals surface area contributed by atoms with Gasteiger partial charge in [0.1, 0.15) is 5.82 Å². The number of carboxylic acid groups (broad SMARTS) is 1. The lowest BCUT2D eigenvalue weighted by atomic mass is 10.1. The van der Waals surface area contributed by atoms with Crippen LogP contribution in [0.3, 0.4) is 0 Å². The molecule has 92 valence electrons. The summed E-state index contributed by atoms with van der Waals surface area (Å²) in [6.45, 7) is 0.733. The Morgan fingerprint density at radius 3 is 2.76 bits per heavy atom. The molecule has 0 spiro atoms. The van der Waals surface area contributed by atoms with Gasteiger partial charge in [0.05, 0.1) is 11.6 Å². The number of aromatic carboxylic acids is 1. The molecule has 0 radical (unpaired) electrons. The van der Waals surface area contributed by atoms with Crippen LogP contribution in [-0.2, 0) is 0 Å². The number of nitrogens with one attached hydrogen (secondary N) is 1. The molecule has 0 aliphatic heterocycles. The number of halogens is 1. The zero-order valence-electron chi connectivity index (χ0n) is 9.11. The molecule has 1 aliphatic rings. The fourth-order valence-electron chi connectivity index (χ4n) is 1.54. The number of hydrogen-bond donors (Lipinski definition) is 3. The summed E-state index contributed by atoms with van der Waals surface area (Å²) in [5.74, 6) is -0.687. The zero-order valence-corrected chi connectivity index (χ0v) is 9.87. The summed E-state index contributed by atoms with van der Waals surface area (Å²) in [5, 5.41) is 21.2. The number of carbonyl (C=O) groups is 1. The molecule has 2 rings (SSSR count). The summed E-state index contributed by atoms with van der Waals surface area (Å²) in [5.41, 5.74) is -0.212. The van der Waals surface area contributed by atoms with E-state index >= 15 is 0 Å². The number of nitrogens with zero attached hydrogens (tertiary/aromatic N) is 1. The van der Waals surface area contributed by atoms with E-state index in [0.717, 1.165) is 12.8 Å². The second-order valence-electron chi connectivity index (χ2n) is 4.34. The van der Waals surface area contributed by atoms with E-state index in [-0.39, 0.29) is 22.7 Å². The Morgan fingerprint density at radius 1 is 1.53 bits per heavy atom. The lowest BCUT2D eigenvalue weighted by Gasteiger charge is -2.13. The van der Waals surface area contributed by atoms with E-state index < -0.39 is 5.97 Å². The number of aliphatic hydroxyl groups is 1. The molecular weight excluding hydrogens is 244 g/mol. The molecule has 0 atom stereocenters. The summed E-state index contributed by atoms with van der Waals surface area (Å²) >= 11 is 5.71. The first kappa shape index (κ1) is 12.1. The molecular formula is C11H13ClN2O3. The lowest BCUT2D eigenvalue weighted by Crippen LogP contribution is -2.20. The average Bonchev–Trinajstić information content (AvgIpc) is 3.08. The molecule has 3 N–H and O–H groups in total. The standard InChI is InChI=1S/C11H13ClN2O3/c12-7-1-2-8(14-9(7)10(16)17)13-5-11(6-15)3-4-11/h1-2,15H,3-6H2,(H,13,14)(H,16,17). The maximum atomic E-state index is 10.8. The molecule has 0 unspecified atom stereocenters. The predicted molar refractivity (Wildman–Crippen MR) is 63.4 cm³/mol. The van der Waals surface area contributed by atoms with Gasteiger partial charge in [0.2, 0.25) is 0 Å². The molecule has 0 saturated heterocycles. The summed E-state index contributed by atoms with van der Waals surface area (Å²) in [4.78, 5) is 14.7. The van der Waals surface area contributed by atoms with Crippen LogP contribution in [0.5, 0.6) is 0 Å². The quantitative estimate of drug-likeness (QED) is 0.746. The maximum absolute atomic E-state index is 10.8. The normalized spacial score (nSPS) is 16.6. The highest BCUT2D eigenvalue weighted by molar-refractivity contribution is 6.33. The number of hydrogen-bond acceptors (Lipinski definition) is 4. The number of aliphatic hydroxyl groups excluding tert-OH is 1. The van der Waals surface area contributed by atoms with E-state index in [2.05, 4.69) is 10.3 Å². The van der Waals surface area contributed by atoms with E-state index in [9.17, 15) is 4.79 Å². The van der Waals surface area contributed by atoms with Gasteiger partial charge in [-0.15, -0.1) is 0 Å². The fourth-order valence-corrected chi connectivity index (χ4v) is 1.72. The van der Waals surface area contributed by atoms with Crippen molar-refractivity contribution in [3.63, 3.8) is 0 Å². The first-order valence-electron chi connectivity index (χ1n) is 5.31. The van der Waals surface area contributed by atoms with Crippen molar-refractivity contribution in [3.05, 3.63) is 22.8 Å². The maximum Gasteiger partial charge on any atom is 0.356 e. The Bertz CT molecular complexity index is 446. The molecule has 1 aliphatic carbocycles. The molecule has 1 heterocycles. The van der Waals surface area contributed by atoms with Gasteiger partial charge in [0.25, 0.3) is 0 Å². The van der Waals surface area contributed by atoms with Crippen molar-refractivity contribution >= 4 is 23.4 Å². The molecule has 0 bridgehead atoms. The van der Waals surface area contributed by atoms with Crippen LogP contribution < -0.4 is 5.32 Å². The summed E-state index contributed by atoms with van der Waals surface area (Å²) < 4.78 is 0. The van der Waals surface area contributed by atoms with Gasteiger partial charge in [-0.1, -0.05) is 11.6 Å². The fraction of sp³-hybridized carbons (Fsp3) is 0.455. The summed E-state index contributed by atoms with van der Waals surface area (Å²) in [7, 11) is 0. The van der Waals surface area contributed by atoms with E-state index in [1.165, 1.54) is 6.07 Å². The van der Waals surface area contributed by atoms with Crippen LogP contribution in [0.1, 0.15) is 23.3 Å². The van der Waals surface area contributed by atoms with Gasteiger partial charge in [0.15, 0.2) is 5.69 Å². The minimum atomic E-state index is -1.15. The van der Waals surface area contributed by atoms with E-state index in [1.807, 2.05) is 0 Å². The van der Waals surface area contributed by atoms with Crippen molar-refractivity contribution in [2.24, 2.45) is 5.41 Å². The first-order chi connectivity index (χ1) is 8.06. The van der Waals surface area contributed by atoms with E-state index in [4.69, 9.17) is 21.8 Å². The first-order valence-corrected chi connectivity index (χ1v) is 5.69. The number of rotatable bonds is 5. The van der Waals surface area contributed by atoms with Crippen molar-refractivity contribution in [3.8, 4) is 0 Å². The average molecular weight is 257 g/mol. The second kappa shape index (κ2) is 4.50. The minimum Gasteiger partial charge on any atom is -0.476 e. The molecule has 1 aromatic heterocycles. The van der Waals surface area contributed by atoms with Gasteiger partial charge in [-0.05, 0) is 25.0 Å². The molecule has 5 nitrogen and oxygen atoms in total. The number of pyridine rings is 1. The smallest absolute Gasteiger partial charge is 0.356 e.